The van der Waals surface area contributed by atoms with Gasteiger partial charge in [0.15, 0.2) is 0 Å². The van der Waals surface area contributed by atoms with Gasteiger partial charge >= 0.3 is 0 Å². The fourth-order valence-electron chi connectivity index (χ4n) is 6.60. The normalized spacial score (nSPS) is 18.0. The quantitative estimate of drug-likeness (QED) is 0.223. The third kappa shape index (κ3) is 3.02. The zero-order valence-corrected chi connectivity index (χ0v) is 21.9. The Morgan fingerprint density at radius 3 is 2.28 bits per heavy atom. The number of allylic oxidation sites excluding steroid dienone is 2. The molecule has 1 aliphatic heterocycles. The van der Waals surface area contributed by atoms with E-state index in [0.717, 1.165) is 5.75 Å². The summed E-state index contributed by atoms with van der Waals surface area (Å²) in [6.45, 7) is 0. The van der Waals surface area contributed by atoms with Gasteiger partial charge in [-0.1, -0.05) is 84.9 Å². The molecule has 1 aliphatic carbocycles. The van der Waals surface area contributed by atoms with Crippen LogP contribution in [0.1, 0.15) is 17.0 Å². The number of rotatable bonds is 2. The molecule has 2 aromatic heterocycles. The maximum Gasteiger partial charge on any atom is 0.128 e. The van der Waals surface area contributed by atoms with E-state index in [1.807, 2.05) is 17.4 Å². The highest BCUT2D eigenvalue weighted by atomic mass is 32.1. The van der Waals surface area contributed by atoms with Gasteiger partial charge in [0.1, 0.15) is 11.9 Å². The standard InChI is InChI=1S/C36H23NOS/c1-4-11-29-24(8-1)25-9-2-5-12-30(25)37(29)31-13-7-15-34-36(31)27-18-16-23(21-35(27)39-34)22-17-19-33-28(20-22)26-10-3-6-14-32(26)38-33/h1-21,28,33H. The Kier molecular flexibility index (Phi) is 4.35. The molecule has 0 saturated carbocycles. The third-order valence-corrected chi connectivity index (χ3v) is 9.47. The topological polar surface area (TPSA) is 14.2 Å². The summed E-state index contributed by atoms with van der Waals surface area (Å²) in [6.07, 6.45) is 6.92. The first-order chi connectivity index (χ1) is 19.3. The lowest BCUT2D eigenvalue weighted by atomic mass is 9.87. The second-order valence-electron chi connectivity index (χ2n) is 10.5. The maximum absolute atomic E-state index is 6.18. The maximum atomic E-state index is 6.18. The number of aromatic nitrogens is 1. The Balaban J connectivity index is 1.23. The fourth-order valence-corrected chi connectivity index (χ4v) is 7.76. The van der Waals surface area contributed by atoms with Crippen LogP contribution in [0, 0.1) is 0 Å². The summed E-state index contributed by atoms with van der Waals surface area (Å²) in [7, 11) is 0. The van der Waals surface area contributed by atoms with E-state index in [9.17, 15) is 0 Å². The minimum atomic E-state index is 0.0907. The van der Waals surface area contributed by atoms with Crippen LogP contribution >= 0.6 is 11.3 Å². The molecule has 0 spiro atoms. The van der Waals surface area contributed by atoms with E-state index in [2.05, 4.69) is 126 Å². The highest BCUT2D eigenvalue weighted by Crippen LogP contribution is 2.45. The Morgan fingerprint density at radius 1 is 0.667 bits per heavy atom. The van der Waals surface area contributed by atoms with Crippen LogP contribution in [0.2, 0.25) is 0 Å². The Morgan fingerprint density at radius 2 is 1.44 bits per heavy atom. The molecule has 2 aliphatic rings. The lowest BCUT2D eigenvalue weighted by molar-refractivity contribution is 0.269. The number of hydrogen-bond acceptors (Lipinski definition) is 2. The molecular formula is C36H23NOS. The van der Waals surface area contributed by atoms with Crippen LogP contribution in [-0.4, -0.2) is 10.7 Å². The number of fused-ring (bicyclic) bond motifs is 9. The highest BCUT2D eigenvalue weighted by molar-refractivity contribution is 7.25. The monoisotopic (exact) mass is 517 g/mol. The summed E-state index contributed by atoms with van der Waals surface area (Å²) in [5.41, 5.74) is 7.53. The number of para-hydroxylation sites is 3. The van der Waals surface area contributed by atoms with E-state index in [0.29, 0.717) is 0 Å². The molecular weight excluding hydrogens is 494 g/mol. The van der Waals surface area contributed by atoms with Crippen molar-refractivity contribution in [3.8, 4) is 11.4 Å². The third-order valence-electron chi connectivity index (χ3n) is 8.35. The van der Waals surface area contributed by atoms with E-state index in [4.69, 9.17) is 4.74 Å². The Labute approximate surface area is 229 Å². The molecule has 9 rings (SSSR count). The van der Waals surface area contributed by atoms with Gasteiger partial charge in [-0.25, -0.2) is 0 Å². The van der Waals surface area contributed by atoms with Crippen molar-refractivity contribution in [2.24, 2.45) is 0 Å². The average molecular weight is 518 g/mol. The van der Waals surface area contributed by atoms with Crippen LogP contribution in [-0.2, 0) is 0 Å². The molecule has 2 unspecified atom stereocenters. The van der Waals surface area contributed by atoms with Crippen LogP contribution in [0.4, 0.5) is 0 Å². The molecule has 184 valence electrons. The largest absolute Gasteiger partial charge is 0.485 e. The summed E-state index contributed by atoms with van der Waals surface area (Å²) < 4.78 is 11.3. The number of ether oxygens (including phenoxy) is 1. The van der Waals surface area contributed by atoms with Gasteiger partial charge in [-0.05, 0) is 53.6 Å². The first kappa shape index (κ1) is 21.3. The van der Waals surface area contributed by atoms with Gasteiger partial charge in [0.05, 0.1) is 16.7 Å². The lowest BCUT2D eigenvalue weighted by Gasteiger charge is -2.18. The van der Waals surface area contributed by atoms with E-state index in [1.165, 1.54) is 64.4 Å². The van der Waals surface area contributed by atoms with E-state index < -0.39 is 0 Å². The number of benzene rings is 5. The second-order valence-corrected chi connectivity index (χ2v) is 11.5. The molecule has 0 saturated heterocycles. The molecule has 0 amide bonds. The van der Waals surface area contributed by atoms with Crippen molar-refractivity contribution in [1.82, 2.24) is 4.57 Å². The van der Waals surface area contributed by atoms with E-state index in [-0.39, 0.29) is 12.0 Å². The SMILES string of the molecule is C1=CC2Oc3ccccc3C2C=C1c1ccc2c(c1)sc1cccc(-n3c4ccccc4c4ccccc43)c12. The molecule has 3 heteroatoms. The van der Waals surface area contributed by atoms with Crippen LogP contribution in [0.25, 0.3) is 53.2 Å². The van der Waals surface area contributed by atoms with Crippen LogP contribution < -0.4 is 4.74 Å². The molecule has 7 aromatic rings. The number of nitrogens with zero attached hydrogens (tertiary/aromatic N) is 1. The van der Waals surface area contributed by atoms with Gasteiger partial charge in [0.2, 0.25) is 0 Å². The van der Waals surface area contributed by atoms with Crippen molar-refractivity contribution in [1.29, 1.82) is 0 Å². The summed E-state index contributed by atoms with van der Waals surface area (Å²) in [4.78, 5) is 0. The van der Waals surface area contributed by atoms with Crippen molar-refractivity contribution in [2.45, 2.75) is 12.0 Å². The van der Waals surface area contributed by atoms with Crippen molar-refractivity contribution >= 4 is 58.9 Å². The molecule has 2 nitrogen and oxygen atoms in total. The first-order valence-corrected chi connectivity index (χ1v) is 14.2. The van der Waals surface area contributed by atoms with Crippen LogP contribution in [0.3, 0.4) is 0 Å². The van der Waals surface area contributed by atoms with Crippen molar-refractivity contribution in [3.05, 3.63) is 139 Å². The molecule has 5 aromatic carbocycles. The summed E-state index contributed by atoms with van der Waals surface area (Å²) >= 11 is 1.88. The van der Waals surface area contributed by atoms with Crippen LogP contribution in [0.5, 0.6) is 5.75 Å². The van der Waals surface area contributed by atoms with E-state index in [1.54, 1.807) is 0 Å². The van der Waals surface area contributed by atoms with Gasteiger partial charge in [0, 0.05) is 42.4 Å². The summed E-state index contributed by atoms with van der Waals surface area (Å²) in [6, 6.07) is 39.6. The number of thiophene rings is 1. The molecule has 0 N–H and O–H groups in total. The van der Waals surface area contributed by atoms with Gasteiger partial charge in [-0.15, -0.1) is 11.3 Å². The van der Waals surface area contributed by atoms with Gasteiger partial charge in [-0.3, -0.25) is 0 Å². The fraction of sp³-hybridized carbons (Fsp3) is 0.0556. The zero-order chi connectivity index (χ0) is 25.5. The van der Waals surface area contributed by atoms with Crippen molar-refractivity contribution < 1.29 is 4.74 Å². The Hall–Kier alpha value is -4.60. The van der Waals surface area contributed by atoms with Crippen LogP contribution in [0.15, 0.2) is 127 Å². The van der Waals surface area contributed by atoms with Gasteiger partial charge in [0.25, 0.3) is 0 Å². The molecule has 0 fully saturated rings. The molecule has 39 heavy (non-hydrogen) atoms. The highest BCUT2D eigenvalue weighted by Gasteiger charge is 2.33. The minimum absolute atomic E-state index is 0.0907. The van der Waals surface area contributed by atoms with Gasteiger partial charge < -0.3 is 9.30 Å². The lowest BCUT2D eigenvalue weighted by Crippen LogP contribution is -2.16. The minimum Gasteiger partial charge on any atom is -0.485 e. The second kappa shape index (κ2) is 7.95. The Bertz CT molecular complexity index is 2120. The summed E-state index contributed by atoms with van der Waals surface area (Å²) in [5, 5.41) is 5.21. The van der Waals surface area contributed by atoms with Gasteiger partial charge in [-0.2, -0.15) is 0 Å². The zero-order valence-electron chi connectivity index (χ0n) is 21.0. The molecule has 2 atom stereocenters. The molecule has 0 radical (unpaired) electrons. The predicted molar refractivity (Wildman–Crippen MR) is 164 cm³/mol. The first-order valence-electron chi connectivity index (χ1n) is 13.4. The molecule has 3 heterocycles. The predicted octanol–water partition coefficient (Wildman–Crippen LogP) is 9.65. The average Bonchev–Trinajstić information content (AvgIpc) is 3.66. The smallest absolute Gasteiger partial charge is 0.128 e. The van der Waals surface area contributed by atoms with Crippen molar-refractivity contribution in [2.75, 3.05) is 0 Å². The summed E-state index contributed by atoms with van der Waals surface area (Å²) in [5.74, 6) is 1.27. The number of hydrogen-bond donors (Lipinski definition) is 0. The molecule has 0 bridgehead atoms. The van der Waals surface area contributed by atoms with E-state index >= 15 is 0 Å². The van der Waals surface area contributed by atoms with Crippen molar-refractivity contribution in [3.63, 3.8) is 0 Å².